The molecule has 20 heavy (non-hydrogen) atoms. The lowest BCUT2D eigenvalue weighted by Crippen LogP contribution is -2.22. The first-order valence-electron chi connectivity index (χ1n) is 7.34. The molecule has 0 aliphatic rings. The van der Waals surface area contributed by atoms with E-state index >= 15 is 0 Å². The quantitative estimate of drug-likeness (QED) is 0.846. The van der Waals surface area contributed by atoms with Gasteiger partial charge in [-0.25, -0.2) is 0 Å². The minimum absolute atomic E-state index is 0.406. The molecule has 2 aromatic rings. The molecular formula is C18H24N2. The van der Waals surface area contributed by atoms with Crippen LogP contribution in [0.25, 0.3) is 0 Å². The molecular weight excluding hydrogens is 244 g/mol. The Morgan fingerprint density at radius 2 is 1.85 bits per heavy atom. The first kappa shape index (κ1) is 14.7. The Kier molecular flexibility index (Phi) is 5.31. The Morgan fingerprint density at radius 3 is 2.50 bits per heavy atom. The fourth-order valence-corrected chi connectivity index (χ4v) is 2.43. The van der Waals surface area contributed by atoms with Crippen molar-refractivity contribution >= 4 is 0 Å². The summed E-state index contributed by atoms with van der Waals surface area (Å²) in [7, 11) is 0. The number of hydrogen-bond donors (Lipinski definition) is 1. The van der Waals surface area contributed by atoms with Gasteiger partial charge in [0.25, 0.3) is 0 Å². The summed E-state index contributed by atoms with van der Waals surface area (Å²) in [4.78, 5) is 4.15. The summed E-state index contributed by atoms with van der Waals surface area (Å²) in [6, 6.07) is 13.2. The molecule has 1 N–H and O–H groups in total. The second-order valence-corrected chi connectivity index (χ2v) is 5.78. The number of benzene rings is 1. The van der Waals surface area contributed by atoms with Gasteiger partial charge in [0, 0.05) is 25.0 Å². The number of pyridine rings is 1. The molecule has 0 bridgehead atoms. The number of hydrogen-bond acceptors (Lipinski definition) is 2. The van der Waals surface area contributed by atoms with Gasteiger partial charge in [0.2, 0.25) is 0 Å². The maximum atomic E-state index is 4.15. The van der Waals surface area contributed by atoms with Gasteiger partial charge in [-0.1, -0.05) is 44.2 Å². The van der Waals surface area contributed by atoms with Crippen LogP contribution in [0.2, 0.25) is 0 Å². The van der Waals surface area contributed by atoms with Crippen molar-refractivity contribution in [3.05, 3.63) is 65.5 Å². The Balaban J connectivity index is 2.07. The molecule has 1 atom stereocenters. The first-order valence-corrected chi connectivity index (χ1v) is 7.34. The van der Waals surface area contributed by atoms with Crippen molar-refractivity contribution in [3.63, 3.8) is 0 Å². The molecule has 2 nitrogen and oxygen atoms in total. The van der Waals surface area contributed by atoms with Gasteiger partial charge in [0.05, 0.1) is 0 Å². The number of rotatable bonds is 6. The van der Waals surface area contributed by atoms with Crippen molar-refractivity contribution < 1.29 is 0 Å². The summed E-state index contributed by atoms with van der Waals surface area (Å²) in [6.45, 7) is 7.55. The number of aryl methyl sites for hydroxylation is 1. The van der Waals surface area contributed by atoms with Crippen molar-refractivity contribution in [1.82, 2.24) is 10.3 Å². The molecule has 0 aliphatic carbocycles. The zero-order chi connectivity index (χ0) is 14.4. The summed E-state index contributed by atoms with van der Waals surface area (Å²) < 4.78 is 0. The van der Waals surface area contributed by atoms with Crippen LogP contribution in [0.15, 0.2) is 48.8 Å². The zero-order valence-corrected chi connectivity index (χ0v) is 12.6. The van der Waals surface area contributed by atoms with Crippen LogP contribution in [0.1, 0.15) is 43.0 Å². The standard InChI is InChI=1S/C18H24N2/c1-14(2)11-18(16-7-5-4-6-8-16)20-13-17-9-10-19-12-15(17)3/h4-10,12,14,18,20H,11,13H2,1-3H3. The molecule has 0 spiro atoms. The molecule has 1 aromatic heterocycles. The summed E-state index contributed by atoms with van der Waals surface area (Å²) in [6.07, 6.45) is 4.94. The van der Waals surface area contributed by atoms with Crippen molar-refractivity contribution in [2.24, 2.45) is 5.92 Å². The van der Waals surface area contributed by atoms with Gasteiger partial charge in [-0.15, -0.1) is 0 Å². The van der Waals surface area contributed by atoms with Crippen LogP contribution in [0.3, 0.4) is 0 Å². The monoisotopic (exact) mass is 268 g/mol. The second-order valence-electron chi connectivity index (χ2n) is 5.78. The summed E-state index contributed by atoms with van der Waals surface area (Å²) in [5, 5.41) is 3.70. The molecule has 2 rings (SSSR count). The van der Waals surface area contributed by atoms with Gasteiger partial charge in [0.1, 0.15) is 0 Å². The average Bonchev–Trinajstić information content (AvgIpc) is 2.45. The second kappa shape index (κ2) is 7.20. The number of nitrogens with zero attached hydrogens (tertiary/aromatic N) is 1. The third-order valence-electron chi connectivity index (χ3n) is 3.58. The Morgan fingerprint density at radius 1 is 1.10 bits per heavy atom. The lowest BCUT2D eigenvalue weighted by molar-refractivity contribution is 0.428. The maximum Gasteiger partial charge on any atom is 0.0325 e. The molecule has 1 unspecified atom stereocenters. The van der Waals surface area contributed by atoms with E-state index in [1.54, 1.807) is 0 Å². The average molecular weight is 268 g/mol. The minimum atomic E-state index is 0.406. The fraction of sp³-hybridized carbons (Fsp3) is 0.389. The van der Waals surface area contributed by atoms with Crippen LogP contribution in [0.5, 0.6) is 0 Å². The Bertz CT molecular complexity index is 520. The highest BCUT2D eigenvalue weighted by molar-refractivity contribution is 5.23. The van der Waals surface area contributed by atoms with E-state index in [-0.39, 0.29) is 0 Å². The summed E-state index contributed by atoms with van der Waals surface area (Å²) in [5.74, 6) is 0.672. The van der Waals surface area contributed by atoms with Crippen LogP contribution in [-0.2, 0) is 6.54 Å². The zero-order valence-electron chi connectivity index (χ0n) is 12.6. The van der Waals surface area contributed by atoms with Crippen molar-refractivity contribution in [1.29, 1.82) is 0 Å². The molecule has 1 heterocycles. The smallest absolute Gasteiger partial charge is 0.0325 e. The molecule has 0 saturated carbocycles. The van der Waals surface area contributed by atoms with Crippen LogP contribution < -0.4 is 5.32 Å². The predicted molar refractivity (Wildman–Crippen MR) is 84.5 cm³/mol. The van der Waals surface area contributed by atoms with Gasteiger partial charge >= 0.3 is 0 Å². The van der Waals surface area contributed by atoms with Crippen molar-refractivity contribution in [3.8, 4) is 0 Å². The molecule has 2 heteroatoms. The van der Waals surface area contributed by atoms with E-state index in [1.165, 1.54) is 16.7 Å². The van der Waals surface area contributed by atoms with Crippen LogP contribution in [0.4, 0.5) is 0 Å². The predicted octanol–water partition coefficient (Wildman–Crippen LogP) is 4.27. The van der Waals surface area contributed by atoms with E-state index in [0.717, 1.165) is 13.0 Å². The Labute approximate surface area is 122 Å². The normalized spacial score (nSPS) is 12.6. The third kappa shape index (κ3) is 4.17. The van der Waals surface area contributed by atoms with Gasteiger partial charge in [-0.3, -0.25) is 4.98 Å². The molecule has 0 radical (unpaired) electrons. The minimum Gasteiger partial charge on any atom is -0.306 e. The van der Waals surface area contributed by atoms with Gasteiger partial charge in [-0.05, 0) is 42.0 Å². The van der Waals surface area contributed by atoms with Crippen molar-refractivity contribution in [2.75, 3.05) is 0 Å². The highest BCUT2D eigenvalue weighted by Gasteiger charge is 2.12. The molecule has 1 aromatic carbocycles. The van der Waals surface area contributed by atoms with E-state index in [2.05, 4.69) is 67.5 Å². The van der Waals surface area contributed by atoms with E-state index in [9.17, 15) is 0 Å². The summed E-state index contributed by atoms with van der Waals surface area (Å²) >= 11 is 0. The lowest BCUT2D eigenvalue weighted by atomic mass is 9.96. The van der Waals surface area contributed by atoms with Crippen LogP contribution in [0, 0.1) is 12.8 Å². The third-order valence-corrected chi connectivity index (χ3v) is 3.58. The number of aromatic nitrogens is 1. The topological polar surface area (TPSA) is 24.9 Å². The lowest BCUT2D eigenvalue weighted by Gasteiger charge is -2.21. The highest BCUT2D eigenvalue weighted by Crippen LogP contribution is 2.21. The van der Waals surface area contributed by atoms with Gasteiger partial charge in [-0.2, -0.15) is 0 Å². The van der Waals surface area contributed by atoms with Crippen molar-refractivity contribution in [2.45, 2.75) is 39.8 Å². The van der Waals surface area contributed by atoms with Crippen LogP contribution in [-0.4, -0.2) is 4.98 Å². The number of nitrogens with one attached hydrogen (secondary N) is 1. The van der Waals surface area contributed by atoms with E-state index in [0.29, 0.717) is 12.0 Å². The molecule has 0 amide bonds. The fourth-order valence-electron chi connectivity index (χ4n) is 2.43. The molecule has 106 valence electrons. The maximum absolute atomic E-state index is 4.15. The summed E-state index contributed by atoms with van der Waals surface area (Å²) in [5.41, 5.74) is 3.94. The van der Waals surface area contributed by atoms with E-state index < -0.39 is 0 Å². The molecule has 0 fully saturated rings. The molecule has 0 aliphatic heterocycles. The van der Waals surface area contributed by atoms with Crippen LogP contribution >= 0.6 is 0 Å². The van der Waals surface area contributed by atoms with Gasteiger partial charge in [0.15, 0.2) is 0 Å². The molecule has 0 saturated heterocycles. The van der Waals surface area contributed by atoms with E-state index in [4.69, 9.17) is 0 Å². The Hall–Kier alpha value is -1.67. The van der Waals surface area contributed by atoms with Gasteiger partial charge < -0.3 is 5.32 Å². The largest absolute Gasteiger partial charge is 0.306 e. The first-order chi connectivity index (χ1) is 9.66. The SMILES string of the molecule is Cc1cnccc1CNC(CC(C)C)c1ccccc1. The van der Waals surface area contributed by atoms with E-state index in [1.807, 2.05) is 12.4 Å². The highest BCUT2D eigenvalue weighted by atomic mass is 14.9.